The van der Waals surface area contributed by atoms with Gasteiger partial charge >= 0.3 is 0 Å². The minimum absolute atomic E-state index is 0. The summed E-state index contributed by atoms with van der Waals surface area (Å²) in [4.78, 5) is 4.42. The lowest BCUT2D eigenvalue weighted by molar-refractivity contribution is 0.229. The Bertz CT molecular complexity index is 628. The minimum Gasteiger partial charge on any atom is -0.339 e. The highest BCUT2D eigenvalue weighted by atomic mass is 79.9. The zero-order valence-electron chi connectivity index (χ0n) is 11.3. The lowest BCUT2D eigenvalue weighted by Crippen LogP contribution is -2.44. The Balaban J connectivity index is 0.00000161. The number of benzene rings is 1. The standard InChI is InChI=1S/C14H15BrClN3O.ClH/c15-11-4-3-10(16)8-9(11)2-5-12-18-13(19-20-12)14(17)6-1-7-14;/h3-4,8H,1-2,5-7,17H2;1H. The molecule has 0 saturated heterocycles. The van der Waals surface area contributed by atoms with E-state index in [0.29, 0.717) is 18.1 Å². The van der Waals surface area contributed by atoms with Gasteiger partial charge in [-0.2, -0.15) is 4.98 Å². The van der Waals surface area contributed by atoms with E-state index < -0.39 is 0 Å². The van der Waals surface area contributed by atoms with Gasteiger partial charge in [0.1, 0.15) is 0 Å². The maximum Gasteiger partial charge on any atom is 0.227 e. The number of hydrogen-bond donors (Lipinski definition) is 1. The molecule has 1 saturated carbocycles. The third kappa shape index (κ3) is 3.59. The highest BCUT2D eigenvalue weighted by Gasteiger charge is 2.38. The van der Waals surface area contributed by atoms with Crippen molar-refractivity contribution in [3.63, 3.8) is 0 Å². The number of rotatable bonds is 4. The summed E-state index contributed by atoms with van der Waals surface area (Å²) < 4.78 is 6.33. The Labute approximate surface area is 143 Å². The molecular weight excluding hydrogens is 377 g/mol. The fourth-order valence-corrected chi connectivity index (χ4v) is 2.96. The molecule has 7 heteroatoms. The van der Waals surface area contributed by atoms with Gasteiger partial charge in [0.2, 0.25) is 5.89 Å². The molecule has 1 aromatic carbocycles. The van der Waals surface area contributed by atoms with E-state index in [1.807, 2.05) is 18.2 Å². The van der Waals surface area contributed by atoms with Gasteiger partial charge in [0.05, 0.1) is 5.54 Å². The van der Waals surface area contributed by atoms with Crippen LogP contribution in [0, 0.1) is 0 Å². The van der Waals surface area contributed by atoms with Gasteiger partial charge < -0.3 is 10.3 Å². The molecule has 1 fully saturated rings. The van der Waals surface area contributed by atoms with E-state index in [1.54, 1.807) is 0 Å². The molecule has 1 aliphatic rings. The molecule has 2 N–H and O–H groups in total. The van der Waals surface area contributed by atoms with Crippen molar-refractivity contribution in [1.29, 1.82) is 0 Å². The number of nitrogens with zero attached hydrogens (tertiary/aromatic N) is 2. The first-order chi connectivity index (χ1) is 9.57. The predicted octanol–water partition coefficient (Wildman–Crippen LogP) is 4.03. The van der Waals surface area contributed by atoms with Crippen LogP contribution in [0.5, 0.6) is 0 Å². The van der Waals surface area contributed by atoms with Crippen molar-refractivity contribution in [3.05, 3.63) is 45.0 Å². The molecule has 114 valence electrons. The second kappa shape index (κ2) is 6.65. The minimum atomic E-state index is -0.363. The van der Waals surface area contributed by atoms with Crippen LogP contribution >= 0.6 is 39.9 Å². The SMILES string of the molecule is Cl.NC1(c2noc(CCc3cc(Cl)ccc3Br)n2)CCC1. The van der Waals surface area contributed by atoms with Crippen LogP contribution in [0.2, 0.25) is 5.02 Å². The Morgan fingerprint density at radius 3 is 2.76 bits per heavy atom. The molecule has 0 radical (unpaired) electrons. The molecule has 0 amide bonds. The van der Waals surface area contributed by atoms with Gasteiger partial charge in [0.25, 0.3) is 0 Å². The number of halogens is 3. The molecule has 0 unspecified atom stereocenters. The first-order valence-electron chi connectivity index (χ1n) is 6.63. The summed E-state index contributed by atoms with van der Waals surface area (Å²) in [6.45, 7) is 0. The van der Waals surface area contributed by atoms with E-state index in [-0.39, 0.29) is 17.9 Å². The van der Waals surface area contributed by atoms with E-state index >= 15 is 0 Å². The maximum absolute atomic E-state index is 6.18. The molecule has 0 spiro atoms. The molecule has 4 nitrogen and oxygen atoms in total. The summed E-state index contributed by atoms with van der Waals surface area (Å²) >= 11 is 9.52. The van der Waals surface area contributed by atoms with E-state index in [1.165, 1.54) is 0 Å². The first kappa shape index (κ1) is 16.7. The number of aromatic nitrogens is 2. The van der Waals surface area contributed by atoms with Crippen LogP contribution in [0.3, 0.4) is 0 Å². The van der Waals surface area contributed by atoms with Crippen LogP contribution < -0.4 is 5.73 Å². The fourth-order valence-electron chi connectivity index (χ4n) is 2.32. The molecule has 2 aromatic rings. The van der Waals surface area contributed by atoms with E-state index in [9.17, 15) is 0 Å². The zero-order valence-corrected chi connectivity index (χ0v) is 14.5. The highest BCUT2D eigenvalue weighted by Crippen LogP contribution is 2.36. The topological polar surface area (TPSA) is 64.9 Å². The molecule has 1 aromatic heterocycles. The van der Waals surface area contributed by atoms with Crippen molar-refractivity contribution in [3.8, 4) is 0 Å². The van der Waals surface area contributed by atoms with E-state index in [2.05, 4.69) is 26.1 Å². The highest BCUT2D eigenvalue weighted by molar-refractivity contribution is 9.10. The average molecular weight is 393 g/mol. The van der Waals surface area contributed by atoms with Crippen LogP contribution in [-0.2, 0) is 18.4 Å². The Morgan fingerprint density at radius 1 is 1.33 bits per heavy atom. The first-order valence-corrected chi connectivity index (χ1v) is 7.80. The monoisotopic (exact) mass is 391 g/mol. The smallest absolute Gasteiger partial charge is 0.227 e. The largest absolute Gasteiger partial charge is 0.339 e. The molecular formula is C14H16BrCl2N3O. The molecule has 0 aliphatic heterocycles. The van der Waals surface area contributed by atoms with Crippen LogP contribution in [0.15, 0.2) is 27.2 Å². The van der Waals surface area contributed by atoms with Gasteiger partial charge in [-0.05, 0) is 49.4 Å². The third-order valence-electron chi connectivity index (χ3n) is 3.78. The van der Waals surface area contributed by atoms with Crippen molar-refractivity contribution >= 4 is 39.9 Å². The molecule has 0 atom stereocenters. The van der Waals surface area contributed by atoms with Crippen LogP contribution in [0.1, 0.15) is 36.5 Å². The predicted molar refractivity (Wildman–Crippen MR) is 87.8 cm³/mol. The molecule has 1 aliphatic carbocycles. The van der Waals surface area contributed by atoms with Crippen molar-refractivity contribution < 1.29 is 4.52 Å². The lowest BCUT2D eigenvalue weighted by atomic mass is 9.77. The zero-order chi connectivity index (χ0) is 14.2. The van der Waals surface area contributed by atoms with Crippen molar-refractivity contribution in [2.45, 2.75) is 37.6 Å². The van der Waals surface area contributed by atoms with Crippen LogP contribution in [0.4, 0.5) is 0 Å². The Kier molecular flexibility index (Phi) is 5.30. The Morgan fingerprint density at radius 2 is 2.10 bits per heavy atom. The van der Waals surface area contributed by atoms with Gasteiger partial charge in [-0.1, -0.05) is 32.7 Å². The van der Waals surface area contributed by atoms with Crippen molar-refractivity contribution in [2.75, 3.05) is 0 Å². The maximum atomic E-state index is 6.18. The van der Waals surface area contributed by atoms with Crippen LogP contribution in [-0.4, -0.2) is 10.1 Å². The summed E-state index contributed by atoms with van der Waals surface area (Å²) in [5.74, 6) is 1.27. The van der Waals surface area contributed by atoms with Gasteiger partial charge in [0, 0.05) is 15.9 Å². The summed E-state index contributed by atoms with van der Waals surface area (Å²) in [5.41, 5.74) is 6.94. The quantitative estimate of drug-likeness (QED) is 0.852. The molecule has 3 rings (SSSR count). The van der Waals surface area contributed by atoms with Crippen LogP contribution in [0.25, 0.3) is 0 Å². The lowest BCUT2D eigenvalue weighted by Gasteiger charge is -2.34. The molecule has 1 heterocycles. The average Bonchev–Trinajstić information content (AvgIpc) is 2.86. The van der Waals surface area contributed by atoms with Gasteiger partial charge in [-0.15, -0.1) is 12.4 Å². The third-order valence-corrected chi connectivity index (χ3v) is 4.78. The summed E-state index contributed by atoms with van der Waals surface area (Å²) in [6.07, 6.45) is 4.48. The second-order valence-corrected chi connectivity index (χ2v) is 6.55. The molecule has 0 bridgehead atoms. The van der Waals surface area contributed by atoms with Gasteiger partial charge in [-0.3, -0.25) is 0 Å². The second-order valence-electron chi connectivity index (χ2n) is 5.26. The number of hydrogen-bond acceptors (Lipinski definition) is 4. The molecule has 21 heavy (non-hydrogen) atoms. The fraction of sp³-hybridized carbons (Fsp3) is 0.429. The van der Waals surface area contributed by atoms with E-state index in [4.69, 9.17) is 21.9 Å². The van der Waals surface area contributed by atoms with Crippen molar-refractivity contribution in [2.24, 2.45) is 5.73 Å². The van der Waals surface area contributed by atoms with E-state index in [0.717, 1.165) is 40.7 Å². The summed E-state index contributed by atoms with van der Waals surface area (Å²) in [6, 6.07) is 5.74. The van der Waals surface area contributed by atoms with Crippen molar-refractivity contribution in [1.82, 2.24) is 10.1 Å². The van der Waals surface area contributed by atoms with Gasteiger partial charge in [-0.25, -0.2) is 0 Å². The summed E-state index contributed by atoms with van der Waals surface area (Å²) in [5, 5.41) is 4.74. The number of nitrogens with two attached hydrogens (primary N) is 1. The normalized spacial score (nSPS) is 16.1. The number of aryl methyl sites for hydroxylation is 2. The Hall–Kier alpha value is -0.620. The summed E-state index contributed by atoms with van der Waals surface area (Å²) in [7, 11) is 0. The van der Waals surface area contributed by atoms with Gasteiger partial charge in [0.15, 0.2) is 5.82 Å².